The number of rotatable bonds is 6. The Morgan fingerprint density at radius 1 is 1.21 bits per heavy atom. The van der Waals surface area contributed by atoms with Crippen LogP contribution < -0.4 is 10.0 Å². The van der Waals surface area contributed by atoms with E-state index in [0.29, 0.717) is 29.6 Å². The second kappa shape index (κ2) is 7.83. The van der Waals surface area contributed by atoms with Gasteiger partial charge < -0.3 is 10.1 Å². The minimum atomic E-state index is -4.27. The Balaban J connectivity index is 1.51. The van der Waals surface area contributed by atoms with Gasteiger partial charge in [-0.1, -0.05) is 18.2 Å². The van der Waals surface area contributed by atoms with E-state index in [4.69, 9.17) is 9.29 Å². The Morgan fingerprint density at radius 2 is 2.00 bits per heavy atom. The number of hydrogen-bond donors (Lipinski definition) is 3. The summed E-state index contributed by atoms with van der Waals surface area (Å²) in [5.74, 6) is -0.0289. The van der Waals surface area contributed by atoms with Crippen LogP contribution >= 0.6 is 0 Å². The molecule has 1 saturated heterocycles. The number of nitrogens with zero attached hydrogens (tertiary/aromatic N) is 4. The molecule has 1 aliphatic rings. The van der Waals surface area contributed by atoms with Gasteiger partial charge in [-0.15, -0.1) is 0 Å². The van der Waals surface area contributed by atoms with Crippen LogP contribution in [0, 0.1) is 0 Å². The molecule has 3 aromatic rings. The topological polar surface area (TPSA) is 148 Å². The first-order chi connectivity index (χ1) is 13.9. The summed E-state index contributed by atoms with van der Waals surface area (Å²) in [6, 6.07) is 8.74. The third-order valence-corrected chi connectivity index (χ3v) is 5.05. The van der Waals surface area contributed by atoms with Crippen molar-refractivity contribution >= 4 is 33.2 Å². The van der Waals surface area contributed by atoms with Gasteiger partial charge in [0.2, 0.25) is 0 Å². The van der Waals surface area contributed by atoms with Crippen molar-refractivity contribution in [3.05, 3.63) is 48.5 Å². The van der Waals surface area contributed by atoms with Crippen molar-refractivity contribution in [3.8, 4) is 0 Å². The Morgan fingerprint density at radius 3 is 2.76 bits per heavy atom. The standard InChI is InChI=1S/C17H18N6O5S/c24-17(11-4-2-1-3-5-11)22-15-14-16(19-9-18-15)23(10-20-14)13-7-6-12(28-13)8-21-29(25,26)27/h1-5,9-10,12-13,21H,6-8H2,(H,25,26,27)(H,18,19,22,24)/t12-,13+/m0/s1. The second-order valence-corrected chi connectivity index (χ2v) is 7.72. The highest BCUT2D eigenvalue weighted by Crippen LogP contribution is 2.31. The average molecular weight is 418 g/mol. The molecule has 1 aliphatic heterocycles. The third kappa shape index (κ3) is 4.40. The molecule has 2 atom stereocenters. The Labute approximate surface area is 166 Å². The highest BCUT2D eigenvalue weighted by atomic mass is 32.2. The van der Waals surface area contributed by atoms with Gasteiger partial charge in [-0.2, -0.15) is 13.1 Å². The van der Waals surface area contributed by atoms with E-state index < -0.39 is 22.6 Å². The molecule has 11 nitrogen and oxygen atoms in total. The third-order valence-electron chi connectivity index (χ3n) is 4.52. The van der Waals surface area contributed by atoms with Gasteiger partial charge >= 0.3 is 10.3 Å². The molecular weight excluding hydrogens is 400 g/mol. The van der Waals surface area contributed by atoms with Crippen molar-refractivity contribution < 1.29 is 22.5 Å². The first-order valence-electron chi connectivity index (χ1n) is 8.82. The number of carbonyl (C=O) groups is 1. The molecule has 0 spiro atoms. The van der Waals surface area contributed by atoms with Crippen LogP contribution in [0.25, 0.3) is 11.2 Å². The number of hydrogen-bond acceptors (Lipinski definition) is 7. The van der Waals surface area contributed by atoms with Crippen LogP contribution in [0.2, 0.25) is 0 Å². The molecule has 29 heavy (non-hydrogen) atoms. The summed E-state index contributed by atoms with van der Waals surface area (Å²) < 4.78 is 40.0. The van der Waals surface area contributed by atoms with Gasteiger partial charge in [0, 0.05) is 12.1 Å². The van der Waals surface area contributed by atoms with Crippen molar-refractivity contribution in [3.63, 3.8) is 0 Å². The summed E-state index contributed by atoms with van der Waals surface area (Å²) in [5, 5.41) is 2.74. The smallest absolute Gasteiger partial charge is 0.333 e. The lowest BCUT2D eigenvalue weighted by atomic mass is 10.2. The molecule has 0 unspecified atom stereocenters. The fourth-order valence-electron chi connectivity index (χ4n) is 3.16. The fraction of sp³-hybridized carbons (Fsp3) is 0.294. The van der Waals surface area contributed by atoms with E-state index in [1.807, 2.05) is 10.8 Å². The van der Waals surface area contributed by atoms with E-state index in [2.05, 4.69) is 20.3 Å². The Hall–Kier alpha value is -2.93. The number of aromatic nitrogens is 4. The van der Waals surface area contributed by atoms with Crippen molar-refractivity contribution in [1.82, 2.24) is 24.2 Å². The summed E-state index contributed by atoms with van der Waals surface area (Å²) in [7, 11) is -4.27. The molecule has 152 valence electrons. The number of fused-ring (bicyclic) bond motifs is 1. The molecule has 12 heteroatoms. The molecule has 2 aromatic heterocycles. The normalized spacial score (nSPS) is 19.5. The summed E-state index contributed by atoms with van der Waals surface area (Å²) in [5.41, 5.74) is 1.39. The van der Waals surface area contributed by atoms with E-state index in [1.54, 1.807) is 35.2 Å². The van der Waals surface area contributed by atoms with Crippen LogP contribution in [-0.2, 0) is 15.0 Å². The molecule has 4 rings (SSSR count). The second-order valence-electron chi connectivity index (χ2n) is 6.48. The van der Waals surface area contributed by atoms with Crippen molar-refractivity contribution in [1.29, 1.82) is 0 Å². The summed E-state index contributed by atoms with van der Waals surface area (Å²) in [6.07, 6.45) is 3.28. The predicted octanol–water partition coefficient (Wildman–Crippen LogP) is 1.15. The Bertz CT molecular complexity index is 1130. The lowest BCUT2D eigenvalue weighted by Crippen LogP contribution is -2.31. The van der Waals surface area contributed by atoms with E-state index in [1.165, 1.54) is 6.33 Å². The molecule has 1 aromatic carbocycles. The molecule has 3 heterocycles. The number of amides is 1. The number of nitrogens with one attached hydrogen (secondary N) is 2. The number of carbonyl (C=O) groups excluding carboxylic acids is 1. The maximum absolute atomic E-state index is 12.4. The predicted molar refractivity (Wildman–Crippen MR) is 102 cm³/mol. The van der Waals surface area contributed by atoms with Gasteiger partial charge in [0.05, 0.1) is 12.4 Å². The molecule has 0 radical (unpaired) electrons. The number of benzene rings is 1. The van der Waals surface area contributed by atoms with Crippen LogP contribution in [0.15, 0.2) is 43.0 Å². The van der Waals surface area contributed by atoms with Crippen molar-refractivity contribution in [2.45, 2.75) is 25.2 Å². The molecule has 1 fully saturated rings. The molecular formula is C17H18N6O5S. The number of anilines is 1. The maximum Gasteiger partial charge on any atom is 0.333 e. The highest BCUT2D eigenvalue weighted by molar-refractivity contribution is 7.83. The zero-order valence-corrected chi connectivity index (χ0v) is 15.9. The lowest BCUT2D eigenvalue weighted by Gasteiger charge is -2.15. The molecule has 0 bridgehead atoms. The van der Waals surface area contributed by atoms with E-state index in [0.717, 1.165) is 0 Å². The first kappa shape index (κ1) is 19.4. The van der Waals surface area contributed by atoms with Crippen molar-refractivity contribution in [2.24, 2.45) is 0 Å². The fourth-order valence-corrected chi connectivity index (χ4v) is 3.56. The molecule has 1 amide bonds. The highest BCUT2D eigenvalue weighted by Gasteiger charge is 2.29. The van der Waals surface area contributed by atoms with Gasteiger partial charge in [-0.25, -0.2) is 15.0 Å². The van der Waals surface area contributed by atoms with Gasteiger partial charge in [-0.3, -0.25) is 13.9 Å². The number of ether oxygens (including phenoxy) is 1. The maximum atomic E-state index is 12.4. The zero-order valence-electron chi connectivity index (χ0n) is 15.1. The molecule has 3 N–H and O–H groups in total. The quantitative estimate of drug-likeness (QED) is 0.505. The van der Waals surface area contributed by atoms with Gasteiger partial charge in [-0.05, 0) is 25.0 Å². The summed E-state index contributed by atoms with van der Waals surface area (Å²) >= 11 is 0. The van der Waals surface area contributed by atoms with Crippen LogP contribution in [0.4, 0.5) is 5.82 Å². The van der Waals surface area contributed by atoms with E-state index in [9.17, 15) is 13.2 Å². The Kier molecular flexibility index (Phi) is 5.24. The SMILES string of the molecule is O=C(Nc1ncnc2c1ncn2[C@H]1CC[C@@H](CNS(=O)(=O)O)O1)c1ccccc1. The summed E-state index contributed by atoms with van der Waals surface area (Å²) in [6.45, 7) is -0.0324. The molecule has 0 aliphatic carbocycles. The van der Waals surface area contributed by atoms with Crippen molar-refractivity contribution in [2.75, 3.05) is 11.9 Å². The van der Waals surface area contributed by atoms with E-state index >= 15 is 0 Å². The van der Waals surface area contributed by atoms with Gasteiger partial charge in [0.1, 0.15) is 12.6 Å². The zero-order chi connectivity index (χ0) is 20.4. The van der Waals surface area contributed by atoms with Crippen LogP contribution in [0.5, 0.6) is 0 Å². The van der Waals surface area contributed by atoms with Crippen LogP contribution in [0.3, 0.4) is 0 Å². The van der Waals surface area contributed by atoms with Crippen LogP contribution in [0.1, 0.15) is 29.4 Å². The minimum Gasteiger partial charge on any atom is -0.353 e. The summed E-state index contributed by atoms with van der Waals surface area (Å²) in [4.78, 5) is 25.1. The minimum absolute atomic E-state index is 0.0324. The first-order valence-corrected chi connectivity index (χ1v) is 10.3. The number of imidazole rings is 1. The van der Waals surface area contributed by atoms with Gasteiger partial charge in [0.25, 0.3) is 5.91 Å². The average Bonchev–Trinajstić information content (AvgIpc) is 3.34. The molecule has 0 saturated carbocycles. The monoisotopic (exact) mass is 418 g/mol. The largest absolute Gasteiger partial charge is 0.353 e. The van der Waals surface area contributed by atoms with Gasteiger partial charge in [0.15, 0.2) is 17.0 Å². The van der Waals surface area contributed by atoms with E-state index in [-0.39, 0.29) is 18.3 Å². The van der Waals surface area contributed by atoms with Crippen LogP contribution in [-0.4, -0.2) is 51.0 Å². The lowest BCUT2D eigenvalue weighted by molar-refractivity contribution is 0.00690.